The van der Waals surface area contributed by atoms with E-state index in [0.717, 1.165) is 16.2 Å². The lowest BCUT2D eigenvalue weighted by molar-refractivity contribution is -0.248. The summed E-state index contributed by atoms with van der Waals surface area (Å²) in [7, 11) is 0. The minimum atomic E-state index is -5.20. The Bertz CT molecular complexity index is 1390. The minimum Gasteiger partial charge on any atom is -0.360 e. The van der Waals surface area contributed by atoms with Crippen LogP contribution in [-0.4, -0.2) is 53.1 Å². The van der Waals surface area contributed by atoms with Crippen LogP contribution in [0.2, 0.25) is 0 Å². The van der Waals surface area contributed by atoms with Gasteiger partial charge in [0.15, 0.2) is 5.13 Å². The summed E-state index contributed by atoms with van der Waals surface area (Å²) in [4.78, 5) is 46.1. The highest BCUT2D eigenvalue weighted by Gasteiger charge is 2.44. The van der Waals surface area contributed by atoms with Crippen LogP contribution in [0.25, 0.3) is 11.1 Å². The van der Waals surface area contributed by atoms with Crippen molar-refractivity contribution in [3.05, 3.63) is 71.2 Å². The van der Waals surface area contributed by atoms with Crippen molar-refractivity contribution >= 4 is 34.3 Å². The summed E-state index contributed by atoms with van der Waals surface area (Å²) in [5, 5.41) is 18.1. The Kier molecular flexibility index (Phi) is 9.13. The summed E-state index contributed by atoms with van der Waals surface area (Å²) in [6, 6.07) is 15.3. The average molecular weight is 572 g/mol. The SMILES string of the molecule is N#C[C@@H](CNC(=O)[C@@H]1CCCCN1OC(=O)C(F)(F)F)c1ccc(-c2ccccc2)cc1C(=O)Nc1nccs1. The van der Waals surface area contributed by atoms with Crippen molar-refractivity contribution in [1.82, 2.24) is 15.4 Å². The van der Waals surface area contributed by atoms with Crippen LogP contribution in [0, 0.1) is 11.3 Å². The van der Waals surface area contributed by atoms with Crippen LogP contribution in [0.3, 0.4) is 0 Å². The number of nitrogens with zero attached hydrogens (tertiary/aromatic N) is 3. The van der Waals surface area contributed by atoms with Gasteiger partial charge >= 0.3 is 12.1 Å². The molecule has 0 aliphatic carbocycles. The molecule has 1 aliphatic heterocycles. The first-order chi connectivity index (χ1) is 19.2. The molecule has 0 bridgehead atoms. The van der Waals surface area contributed by atoms with E-state index in [4.69, 9.17) is 0 Å². The molecule has 4 rings (SSSR count). The monoisotopic (exact) mass is 571 g/mol. The fraction of sp³-hybridized carbons (Fsp3) is 0.296. The molecule has 1 aromatic heterocycles. The number of nitriles is 1. The highest BCUT2D eigenvalue weighted by molar-refractivity contribution is 7.13. The van der Waals surface area contributed by atoms with E-state index in [1.54, 1.807) is 23.6 Å². The number of thiazole rings is 1. The van der Waals surface area contributed by atoms with Gasteiger partial charge in [-0.15, -0.1) is 16.4 Å². The molecule has 208 valence electrons. The largest absolute Gasteiger partial charge is 0.492 e. The van der Waals surface area contributed by atoms with Gasteiger partial charge in [0.05, 0.1) is 12.0 Å². The first-order valence-electron chi connectivity index (χ1n) is 12.3. The number of carbonyl (C=O) groups is 3. The molecule has 0 saturated carbocycles. The lowest BCUT2D eigenvalue weighted by Gasteiger charge is -2.33. The van der Waals surface area contributed by atoms with E-state index < -0.39 is 35.9 Å². The number of benzene rings is 2. The van der Waals surface area contributed by atoms with Crippen LogP contribution in [0.15, 0.2) is 60.1 Å². The van der Waals surface area contributed by atoms with E-state index >= 15 is 0 Å². The molecular weight excluding hydrogens is 547 g/mol. The van der Waals surface area contributed by atoms with E-state index in [0.29, 0.717) is 23.5 Å². The predicted octanol–water partition coefficient (Wildman–Crippen LogP) is 4.66. The van der Waals surface area contributed by atoms with Crippen LogP contribution in [0.5, 0.6) is 0 Å². The van der Waals surface area contributed by atoms with E-state index in [1.165, 1.54) is 17.5 Å². The van der Waals surface area contributed by atoms with Crippen molar-refractivity contribution in [1.29, 1.82) is 5.26 Å². The maximum absolute atomic E-state index is 13.3. The quantitative estimate of drug-likeness (QED) is 0.403. The standard InChI is InChI=1S/C27H24F3N5O4S/c28-27(29,30)25(38)39-35-12-5-4-8-22(35)24(37)33-16-19(15-31)20-10-9-18(17-6-2-1-3-7-17)14-21(20)23(36)34-26-32-11-13-40-26/h1-3,6-7,9-11,13-14,19,22H,4-5,8,12,16H2,(H,33,37)(H,32,34,36)/t19-,22-/m0/s1. The smallest absolute Gasteiger partial charge is 0.360 e. The van der Waals surface area contributed by atoms with Crippen molar-refractivity contribution in [3.63, 3.8) is 0 Å². The van der Waals surface area contributed by atoms with Crippen LogP contribution in [0.1, 0.15) is 41.1 Å². The van der Waals surface area contributed by atoms with E-state index in [9.17, 15) is 32.8 Å². The molecule has 2 aromatic carbocycles. The maximum Gasteiger partial charge on any atom is 0.492 e. The molecule has 0 radical (unpaired) electrons. The number of carbonyl (C=O) groups excluding carboxylic acids is 3. The lowest BCUT2D eigenvalue weighted by Crippen LogP contribution is -2.51. The number of hydrogen-bond acceptors (Lipinski definition) is 8. The molecule has 9 nitrogen and oxygen atoms in total. The fourth-order valence-corrected chi connectivity index (χ4v) is 4.82. The Morgan fingerprint density at radius 2 is 1.93 bits per heavy atom. The average Bonchev–Trinajstić information content (AvgIpc) is 3.46. The van der Waals surface area contributed by atoms with Gasteiger partial charge in [-0.05, 0) is 42.0 Å². The summed E-state index contributed by atoms with van der Waals surface area (Å²) in [6.45, 7) is -0.265. The molecule has 13 heteroatoms. The molecule has 40 heavy (non-hydrogen) atoms. The van der Waals surface area contributed by atoms with Gasteiger partial charge in [-0.1, -0.05) is 42.5 Å². The second-order valence-electron chi connectivity index (χ2n) is 8.92. The van der Waals surface area contributed by atoms with Gasteiger partial charge < -0.3 is 10.2 Å². The zero-order chi connectivity index (χ0) is 28.7. The third kappa shape index (κ3) is 7.02. The summed E-state index contributed by atoms with van der Waals surface area (Å²) in [6.07, 6.45) is -2.51. The third-order valence-corrected chi connectivity index (χ3v) is 6.95. The van der Waals surface area contributed by atoms with Gasteiger partial charge in [0.2, 0.25) is 5.91 Å². The van der Waals surface area contributed by atoms with Crippen molar-refractivity contribution in [3.8, 4) is 17.2 Å². The highest BCUT2D eigenvalue weighted by atomic mass is 32.1. The van der Waals surface area contributed by atoms with Crippen LogP contribution < -0.4 is 10.6 Å². The second kappa shape index (κ2) is 12.7. The molecule has 1 saturated heterocycles. The molecule has 0 spiro atoms. The van der Waals surface area contributed by atoms with E-state index in [1.807, 2.05) is 30.3 Å². The number of nitrogens with one attached hydrogen (secondary N) is 2. The molecular formula is C27H24F3N5O4S. The molecule has 3 aromatic rings. The molecule has 0 unspecified atom stereocenters. The van der Waals surface area contributed by atoms with E-state index in [2.05, 4.69) is 26.5 Å². The van der Waals surface area contributed by atoms with Crippen molar-refractivity contribution in [2.24, 2.45) is 0 Å². The van der Waals surface area contributed by atoms with Crippen molar-refractivity contribution in [2.75, 3.05) is 18.4 Å². The Labute approximate surface area is 231 Å². The normalized spacial score (nSPS) is 16.4. The Balaban J connectivity index is 1.54. The third-order valence-electron chi connectivity index (χ3n) is 6.26. The molecule has 2 amide bonds. The van der Waals surface area contributed by atoms with Crippen LogP contribution >= 0.6 is 11.3 Å². The van der Waals surface area contributed by atoms with Gasteiger partial charge in [0.25, 0.3) is 5.91 Å². The van der Waals surface area contributed by atoms with Gasteiger partial charge in [0.1, 0.15) is 6.04 Å². The summed E-state index contributed by atoms with van der Waals surface area (Å²) in [5.41, 5.74) is 2.14. The molecule has 1 fully saturated rings. The number of aromatic nitrogens is 1. The number of amides is 2. The lowest BCUT2D eigenvalue weighted by atomic mass is 9.91. The van der Waals surface area contributed by atoms with Crippen LogP contribution in [-0.2, 0) is 14.4 Å². The summed E-state index contributed by atoms with van der Waals surface area (Å²) >= 11 is 1.23. The van der Waals surface area contributed by atoms with Gasteiger partial charge in [-0.2, -0.15) is 18.4 Å². The van der Waals surface area contributed by atoms with E-state index in [-0.39, 0.29) is 25.1 Å². The molecule has 2 N–H and O–H groups in total. The fourth-order valence-electron chi connectivity index (χ4n) is 4.30. The number of hydroxylamine groups is 2. The number of piperidine rings is 1. The number of alkyl halides is 3. The number of anilines is 1. The van der Waals surface area contributed by atoms with Gasteiger partial charge in [-0.3, -0.25) is 14.9 Å². The predicted molar refractivity (Wildman–Crippen MR) is 140 cm³/mol. The minimum absolute atomic E-state index is 0.0381. The van der Waals surface area contributed by atoms with Crippen molar-refractivity contribution < 1.29 is 32.4 Å². The topological polar surface area (TPSA) is 124 Å². The number of halogens is 3. The summed E-state index contributed by atoms with van der Waals surface area (Å²) in [5.74, 6) is -4.56. The summed E-state index contributed by atoms with van der Waals surface area (Å²) < 4.78 is 38.1. The first-order valence-corrected chi connectivity index (χ1v) is 13.2. The molecule has 2 atom stereocenters. The maximum atomic E-state index is 13.3. The first kappa shape index (κ1) is 28.7. The molecule has 1 aliphatic rings. The Hall–Kier alpha value is -4.28. The number of hydrogen-bond donors (Lipinski definition) is 2. The molecule has 2 heterocycles. The van der Waals surface area contributed by atoms with Crippen LogP contribution in [0.4, 0.5) is 18.3 Å². The Morgan fingerprint density at radius 1 is 1.15 bits per heavy atom. The zero-order valence-corrected chi connectivity index (χ0v) is 21.8. The number of rotatable bonds is 8. The van der Waals surface area contributed by atoms with Gasteiger partial charge in [-0.25, -0.2) is 9.78 Å². The zero-order valence-electron chi connectivity index (χ0n) is 21.0. The van der Waals surface area contributed by atoms with Crippen molar-refractivity contribution in [2.45, 2.75) is 37.4 Å². The second-order valence-corrected chi connectivity index (χ2v) is 9.81. The van der Waals surface area contributed by atoms with Gasteiger partial charge in [0, 0.05) is 30.2 Å². The highest BCUT2D eigenvalue weighted by Crippen LogP contribution is 2.28. The Morgan fingerprint density at radius 3 is 2.60 bits per heavy atom.